The van der Waals surface area contributed by atoms with E-state index in [1.54, 1.807) is 32.2 Å². The number of hydrogen-bond donors (Lipinski definition) is 0. The fourth-order valence-electron chi connectivity index (χ4n) is 2.06. The van der Waals surface area contributed by atoms with E-state index < -0.39 is 14.9 Å². The second-order valence-corrected chi connectivity index (χ2v) is 6.63. The van der Waals surface area contributed by atoms with Crippen LogP contribution in [0.15, 0.2) is 47.4 Å². The van der Waals surface area contributed by atoms with Crippen LogP contribution in [0.5, 0.6) is 0 Å². The Morgan fingerprint density at radius 2 is 1.83 bits per heavy atom. The molecule has 0 N–H and O–H groups in total. The number of non-ortho nitro benzene ring substituents is 1. The summed E-state index contributed by atoms with van der Waals surface area (Å²) in [6.45, 7) is 3.51. The number of hydrogen-bond acceptors (Lipinski definition) is 5. The molecule has 2 aromatic rings. The number of anilines is 1. The number of rotatable bonds is 4. The van der Waals surface area contributed by atoms with Crippen LogP contribution in [0, 0.1) is 35.4 Å². The van der Waals surface area contributed by atoms with Crippen LogP contribution >= 0.6 is 0 Å². The quantitative estimate of drug-likeness (QED) is 0.371. The Morgan fingerprint density at radius 3 is 2.43 bits per heavy atom. The largest absolute Gasteiger partial charge is 0.277 e. The average Bonchev–Trinajstić information content (AvgIpc) is 2.52. The maximum absolute atomic E-state index is 12.7. The van der Waals surface area contributed by atoms with E-state index in [1.165, 1.54) is 24.3 Å². The smallest absolute Gasteiger partial charge is 0.258 e. The van der Waals surface area contributed by atoms with Crippen molar-refractivity contribution >= 4 is 21.4 Å². The summed E-state index contributed by atoms with van der Waals surface area (Å²) in [5.74, 6) is 0. The summed E-state index contributed by atoms with van der Waals surface area (Å²) in [6, 6.07) is 9.57. The molecule has 0 heterocycles. The van der Waals surface area contributed by atoms with Gasteiger partial charge in [0.2, 0.25) is 0 Å². The number of aryl methyl sites for hydroxylation is 1. The van der Waals surface area contributed by atoms with Crippen LogP contribution < -0.4 is 4.31 Å². The lowest BCUT2D eigenvalue weighted by Gasteiger charge is -2.19. The van der Waals surface area contributed by atoms with Gasteiger partial charge in [-0.05, 0) is 37.1 Å². The molecule has 118 valence electrons. The third-order valence-electron chi connectivity index (χ3n) is 3.45. The zero-order valence-electron chi connectivity index (χ0n) is 12.4. The minimum absolute atomic E-state index is 0.221. The summed E-state index contributed by atoms with van der Waals surface area (Å²) < 4.78 is 25.9. The molecule has 7 nitrogen and oxygen atoms in total. The Labute approximate surface area is 133 Å². The first-order chi connectivity index (χ1) is 10.8. The van der Waals surface area contributed by atoms with Gasteiger partial charge in [0.15, 0.2) is 6.19 Å². The van der Waals surface area contributed by atoms with Crippen LogP contribution in [-0.4, -0.2) is 13.3 Å². The molecule has 0 aliphatic heterocycles. The molecule has 0 saturated heterocycles. The maximum Gasteiger partial charge on any atom is 0.277 e. The molecule has 0 atom stereocenters. The highest BCUT2D eigenvalue weighted by molar-refractivity contribution is 7.93. The molecular weight excluding hydrogens is 318 g/mol. The third-order valence-corrected chi connectivity index (χ3v) is 5.06. The number of nitriles is 1. The van der Waals surface area contributed by atoms with E-state index in [4.69, 9.17) is 0 Å². The molecule has 0 aliphatic rings. The Bertz CT molecular complexity index is 917. The van der Waals surface area contributed by atoms with Gasteiger partial charge in [-0.25, -0.2) is 0 Å². The van der Waals surface area contributed by atoms with Gasteiger partial charge in [0.1, 0.15) is 0 Å². The molecule has 8 heteroatoms. The Morgan fingerprint density at radius 1 is 1.17 bits per heavy atom. The highest BCUT2D eigenvalue weighted by Gasteiger charge is 2.28. The fraction of sp³-hybridized carbons (Fsp3) is 0.133. The molecule has 0 amide bonds. The van der Waals surface area contributed by atoms with Crippen molar-refractivity contribution in [1.82, 2.24) is 0 Å². The van der Waals surface area contributed by atoms with Gasteiger partial charge in [-0.3, -0.25) is 10.1 Å². The summed E-state index contributed by atoms with van der Waals surface area (Å²) in [7, 11) is -4.23. The molecule has 23 heavy (non-hydrogen) atoms. The number of nitro groups is 1. The zero-order valence-corrected chi connectivity index (χ0v) is 13.2. The van der Waals surface area contributed by atoms with Crippen molar-refractivity contribution in [3.8, 4) is 6.19 Å². The predicted octanol–water partition coefficient (Wildman–Crippen LogP) is 2.89. The van der Waals surface area contributed by atoms with Gasteiger partial charge in [0.25, 0.3) is 15.7 Å². The van der Waals surface area contributed by atoms with Crippen LogP contribution in [0.1, 0.15) is 11.1 Å². The van der Waals surface area contributed by atoms with Crippen molar-refractivity contribution in [3.05, 3.63) is 63.7 Å². The Balaban J connectivity index is 2.61. The van der Waals surface area contributed by atoms with Crippen molar-refractivity contribution in [2.45, 2.75) is 18.7 Å². The molecule has 2 rings (SSSR count). The lowest BCUT2D eigenvalue weighted by Crippen LogP contribution is -2.27. The topological polar surface area (TPSA) is 104 Å². The molecule has 0 aromatic heterocycles. The van der Waals surface area contributed by atoms with E-state index in [0.717, 1.165) is 11.6 Å². The van der Waals surface area contributed by atoms with Crippen molar-refractivity contribution in [2.75, 3.05) is 4.31 Å². The van der Waals surface area contributed by atoms with Gasteiger partial charge in [-0.2, -0.15) is 18.0 Å². The SMILES string of the molecule is Cc1cccc(N(C#N)S(=O)(=O)c2cccc([N+](=O)[O-])c2)c1C. The van der Waals surface area contributed by atoms with Gasteiger partial charge < -0.3 is 0 Å². The van der Waals surface area contributed by atoms with Crippen LogP contribution in [0.4, 0.5) is 11.4 Å². The van der Waals surface area contributed by atoms with Crippen LogP contribution in [0.3, 0.4) is 0 Å². The number of nitro benzene ring substituents is 1. The number of nitrogens with zero attached hydrogens (tertiary/aromatic N) is 3. The van der Waals surface area contributed by atoms with E-state index in [9.17, 15) is 23.8 Å². The van der Waals surface area contributed by atoms with Gasteiger partial charge >= 0.3 is 0 Å². The van der Waals surface area contributed by atoms with Crippen LogP contribution in [0.25, 0.3) is 0 Å². The summed E-state index contributed by atoms with van der Waals surface area (Å²) in [4.78, 5) is 9.82. The monoisotopic (exact) mass is 331 g/mol. The predicted molar refractivity (Wildman–Crippen MR) is 84.3 cm³/mol. The second-order valence-electron chi connectivity index (χ2n) is 4.84. The van der Waals surface area contributed by atoms with Crippen molar-refractivity contribution in [2.24, 2.45) is 0 Å². The molecule has 0 spiro atoms. The van der Waals surface area contributed by atoms with Crippen molar-refractivity contribution in [3.63, 3.8) is 0 Å². The summed E-state index contributed by atoms with van der Waals surface area (Å²) >= 11 is 0. The van der Waals surface area contributed by atoms with E-state index in [1.807, 2.05) is 0 Å². The lowest BCUT2D eigenvalue weighted by atomic mass is 10.1. The maximum atomic E-state index is 12.7. The summed E-state index contributed by atoms with van der Waals surface area (Å²) in [6.07, 6.45) is 1.65. The first-order valence-corrected chi connectivity index (χ1v) is 7.99. The minimum atomic E-state index is -4.23. The van der Waals surface area contributed by atoms with Gasteiger partial charge in [0.05, 0.1) is 15.5 Å². The van der Waals surface area contributed by atoms with Gasteiger partial charge in [0, 0.05) is 12.1 Å². The normalized spacial score (nSPS) is 10.8. The Kier molecular flexibility index (Phi) is 4.33. The fourth-order valence-corrected chi connectivity index (χ4v) is 3.35. The highest BCUT2D eigenvalue weighted by atomic mass is 32.2. The van der Waals surface area contributed by atoms with Gasteiger partial charge in [-0.15, -0.1) is 0 Å². The highest BCUT2D eigenvalue weighted by Crippen LogP contribution is 2.29. The van der Waals surface area contributed by atoms with E-state index in [-0.39, 0.29) is 16.3 Å². The molecule has 0 aliphatic carbocycles. The second kappa shape index (κ2) is 6.06. The number of sulfonamides is 1. The number of benzene rings is 2. The summed E-state index contributed by atoms with van der Waals surface area (Å²) in [5, 5.41) is 20.2. The minimum Gasteiger partial charge on any atom is -0.258 e. The van der Waals surface area contributed by atoms with Crippen molar-refractivity contribution in [1.29, 1.82) is 5.26 Å². The van der Waals surface area contributed by atoms with Crippen LogP contribution in [0.2, 0.25) is 0 Å². The molecule has 0 unspecified atom stereocenters. The molecule has 0 bridgehead atoms. The standard InChI is InChI=1S/C15H13N3O4S/c1-11-5-3-8-15(12(11)2)17(10-16)23(21,22)14-7-4-6-13(9-14)18(19)20/h3-9H,1-2H3. The van der Waals surface area contributed by atoms with Crippen molar-refractivity contribution < 1.29 is 13.3 Å². The van der Waals surface area contributed by atoms with Gasteiger partial charge in [-0.1, -0.05) is 18.2 Å². The molecule has 2 aromatic carbocycles. The lowest BCUT2D eigenvalue weighted by molar-refractivity contribution is -0.385. The van der Waals surface area contributed by atoms with E-state index in [2.05, 4.69) is 0 Å². The molecular formula is C15H13N3O4S. The van der Waals surface area contributed by atoms with Crippen LogP contribution in [-0.2, 0) is 10.0 Å². The van der Waals surface area contributed by atoms with E-state index >= 15 is 0 Å². The summed E-state index contributed by atoms with van der Waals surface area (Å²) in [5.41, 5.74) is 1.34. The molecule has 0 fully saturated rings. The molecule has 0 radical (unpaired) electrons. The first-order valence-electron chi connectivity index (χ1n) is 6.54. The molecule has 0 saturated carbocycles. The van der Waals surface area contributed by atoms with E-state index in [0.29, 0.717) is 9.87 Å². The third kappa shape index (κ3) is 3.00. The first kappa shape index (κ1) is 16.5. The average molecular weight is 331 g/mol. The zero-order chi connectivity index (χ0) is 17.2. The Hall–Kier alpha value is -2.92.